The topological polar surface area (TPSA) is 89.3 Å². The average Bonchev–Trinajstić information content (AvgIpc) is 2.33. The molecule has 0 aliphatic heterocycles. The SMILES string of the molecule is C/C=C/CCNS(=O)(=O)c1cc([N+](=O)[O-])c(F)cc1F. The van der Waals surface area contributed by atoms with E-state index in [1.165, 1.54) is 0 Å². The van der Waals surface area contributed by atoms with Crippen LogP contribution in [-0.2, 0) is 10.0 Å². The molecule has 1 N–H and O–H groups in total. The molecule has 0 bridgehead atoms. The molecule has 1 aromatic rings. The fraction of sp³-hybridized carbons (Fsp3) is 0.273. The van der Waals surface area contributed by atoms with Crippen LogP contribution in [0.2, 0.25) is 0 Å². The first kappa shape index (κ1) is 16.2. The lowest BCUT2D eigenvalue weighted by molar-refractivity contribution is -0.387. The summed E-state index contributed by atoms with van der Waals surface area (Å²) in [6, 6.07) is 0.543. The van der Waals surface area contributed by atoms with Gasteiger partial charge in [-0.2, -0.15) is 4.39 Å². The fourth-order valence-electron chi connectivity index (χ4n) is 1.39. The van der Waals surface area contributed by atoms with E-state index in [0.29, 0.717) is 12.5 Å². The van der Waals surface area contributed by atoms with Gasteiger partial charge in [0, 0.05) is 18.7 Å². The molecule has 0 aliphatic rings. The summed E-state index contributed by atoms with van der Waals surface area (Å²) in [7, 11) is -4.27. The molecule has 0 saturated heterocycles. The van der Waals surface area contributed by atoms with Crippen LogP contribution in [0.1, 0.15) is 13.3 Å². The second kappa shape index (κ2) is 6.53. The molecule has 0 fully saturated rings. The van der Waals surface area contributed by atoms with E-state index < -0.39 is 37.2 Å². The lowest BCUT2D eigenvalue weighted by Gasteiger charge is -2.07. The van der Waals surface area contributed by atoms with Crippen LogP contribution in [0.25, 0.3) is 0 Å². The number of allylic oxidation sites excluding steroid dienone is 1. The number of hydrogen-bond donors (Lipinski definition) is 1. The molecular weight excluding hydrogens is 294 g/mol. The Hall–Kier alpha value is -1.87. The minimum absolute atomic E-state index is 0.00269. The van der Waals surface area contributed by atoms with Gasteiger partial charge in [0.15, 0.2) is 0 Å². The Kier molecular flexibility index (Phi) is 5.28. The third-order valence-corrected chi connectivity index (χ3v) is 3.80. The molecule has 0 unspecified atom stereocenters. The van der Waals surface area contributed by atoms with Gasteiger partial charge in [0.25, 0.3) is 0 Å². The van der Waals surface area contributed by atoms with Crippen molar-refractivity contribution >= 4 is 15.7 Å². The maximum absolute atomic E-state index is 13.5. The largest absolute Gasteiger partial charge is 0.306 e. The first-order chi connectivity index (χ1) is 9.29. The summed E-state index contributed by atoms with van der Waals surface area (Å²) in [6.45, 7) is 1.74. The second-order valence-corrected chi connectivity index (χ2v) is 5.48. The molecule has 9 heteroatoms. The quantitative estimate of drug-likeness (QED) is 0.377. The molecule has 110 valence electrons. The number of benzene rings is 1. The van der Waals surface area contributed by atoms with Gasteiger partial charge in [-0.25, -0.2) is 17.5 Å². The number of nitro groups is 1. The molecule has 0 saturated carbocycles. The zero-order valence-corrected chi connectivity index (χ0v) is 11.3. The smallest absolute Gasteiger partial charge is 0.258 e. The van der Waals surface area contributed by atoms with Crippen molar-refractivity contribution in [2.45, 2.75) is 18.2 Å². The van der Waals surface area contributed by atoms with E-state index in [9.17, 15) is 27.3 Å². The highest BCUT2D eigenvalue weighted by Gasteiger charge is 2.25. The van der Waals surface area contributed by atoms with Crippen molar-refractivity contribution in [3.05, 3.63) is 46.0 Å². The zero-order chi connectivity index (χ0) is 15.3. The number of rotatable bonds is 6. The van der Waals surface area contributed by atoms with Gasteiger partial charge in [0.2, 0.25) is 15.8 Å². The van der Waals surface area contributed by atoms with Gasteiger partial charge >= 0.3 is 5.69 Å². The Balaban J connectivity index is 3.11. The number of nitro benzene ring substituents is 1. The summed E-state index contributed by atoms with van der Waals surface area (Å²) in [5.41, 5.74) is -1.10. The van der Waals surface area contributed by atoms with Gasteiger partial charge in [-0.3, -0.25) is 10.1 Å². The van der Waals surface area contributed by atoms with Gasteiger partial charge < -0.3 is 0 Å². The molecule has 0 amide bonds. The number of halogens is 2. The standard InChI is InChI=1S/C11H12F2N2O4S/c1-2-3-4-5-14-20(18,19)11-7-10(15(16)17)8(12)6-9(11)13/h2-3,6-7,14H,4-5H2,1H3/b3-2+. The maximum atomic E-state index is 13.5. The van der Waals surface area contributed by atoms with E-state index >= 15 is 0 Å². The summed E-state index contributed by atoms with van der Waals surface area (Å²) >= 11 is 0. The lowest BCUT2D eigenvalue weighted by Crippen LogP contribution is -2.25. The average molecular weight is 306 g/mol. The van der Waals surface area contributed by atoms with Crippen LogP contribution in [-0.4, -0.2) is 19.9 Å². The molecule has 0 aliphatic carbocycles. The van der Waals surface area contributed by atoms with Gasteiger partial charge in [-0.05, 0) is 13.3 Å². The van der Waals surface area contributed by atoms with Crippen molar-refractivity contribution in [1.29, 1.82) is 0 Å². The van der Waals surface area contributed by atoms with Crippen LogP contribution in [0.3, 0.4) is 0 Å². The van der Waals surface area contributed by atoms with E-state index in [0.717, 1.165) is 0 Å². The lowest BCUT2D eigenvalue weighted by atomic mass is 10.3. The Labute approximate surface area is 114 Å². The van der Waals surface area contributed by atoms with Crippen molar-refractivity contribution in [3.8, 4) is 0 Å². The molecule has 20 heavy (non-hydrogen) atoms. The molecule has 0 aromatic heterocycles. The van der Waals surface area contributed by atoms with Gasteiger partial charge in [-0.1, -0.05) is 12.2 Å². The molecule has 1 rings (SSSR count). The Morgan fingerprint density at radius 1 is 1.35 bits per heavy atom. The van der Waals surface area contributed by atoms with Crippen molar-refractivity contribution in [1.82, 2.24) is 4.72 Å². The minimum Gasteiger partial charge on any atom is -0.258 e. The maximum Gasteiger partial charge on any atom is 0.306 e. The monoisotopic (exact) mass is 306 g/mol. The molecule has 1 aromatic carbocycles. The molecule has 0 radical (unpaired) electrons. The van der Waals surface area contributed by atoms with E-state index in [-0.39, 0.29) is 12.6 Å². The molecule has 0 atom stereocenters. The Bertz CT molecular complexity index is 644. The summed E-state index contributed by atoms with van der Waals surface area (Å²) in [6.07, 6.45) is 3.77. The highest BCUT2D eigenvalue weighted by atomic mass is 32.2. The fourth-order valence-corrected chi connectivity index (χ4v) is 2.51. The van der Waals surface area contributed by atoms with Crippen molar-refractivity contribution in [2.24, 2.45) is 0 Å². The van der Waals surface area contributed by atoms with Crippen LogP contribution in [0.5, 0.6) is 0 Å². The van der Waals surface area contributed by atoms with Crippen molar-refractivity contribution in [2.75, 3.05) is 6.54 Å². The van der Waals surface area contributed by atoms with Gasteiger partial charge in [0.05, 0.1) is 4.92 Å². The summed E-state index contributed by atoms with van der Waals surface area (Å²) in [4.78, 5) is 8.46. The molecular formula is C11H12F2N2O4S. The number of sulfonamides is 1. The van der Waals surface area contributed by atoms with Crippen LogP contribution in [0, 0.1) is 21.7 Å². The highest BCUT2D eigenvalue weighted by molar-refractivity contribution is 7.89. The predicted octanol–water partition coefficient (Wildman–Crippen LogP) is 2.12. The third kappa shape index (κ3) is 3.81. The van der Waals surface area contributed by atoms with Gasteiger partial charge in [0.1, 0.15) is 10.7 Å². The highest BCUT2D eigenvalue weighted by Crippen LogP contribution is 2.24. The first-order valence-electron chi connectivity index (χ1n) is 5.54. The minimum atomic E-state index is -4.27. The molecule has 0 heterocycles. The molecule has 6 nitrogen and oxygen atoms in total. The summed E-state index contributed by atoms with van der Waals surface area (Å²) < 4.78 is 52.2. The first-order valence-corrected chi connectivity index (χ1v) is 7.02. The van der Waals surface area contributed by atoms with Crippen molar-refractivity contribution < 1.29 is 22.1 Å². The van der Waals surface area contributed by atoms with E-state index in [4.69, 9.17) is 0 Å². The van der Waals surface area contributed by atoms with Crippen LogP contribution in [0.4, 0.5) is 14.5 Å². The summed E-state index contributed by atoms with van der Waals surface area (Å²) in [5.74, 6) is -2.81. The third-order valence-electron chi connectivity index (χ3n) is 2.33. The van der Waals surface area contributed by atoms with E-state index in [1.807, 2.05) is 0 Å². The van der Waals surface area contributed by atoms with Crippen LogP contribution in [0.15, 0.2) is 29.2 Å². The molecule has 0 spiro atoms. The number of nitrogens with one attached hydrogen (secondary N) is 1. The zero-order valence-electron chi connectivity index (χ0n) is 10.5. The van der Waals surface area contributed by atoms with Crippen LogP contribution >= 0.6 is 0 Å². The van der Waals surface area contributed by atoms with Gasteiger partial charge in [-0.15, -0.1) is 0 Å². The second-order valence-electron chi connectivity index (χ2n) is 3.75. The number of nitrogens with zero attached hydrogens (tertiary/aromatic N) is 1. The predicted molar refractivity (Wildman–Crippen MR) is 67.6 cm³/mol. The number of hydrogen-bond acceptors (Lipinski definition) is 4. The summed E-state index contributed by atoms with van der Waals surface area (Å²) in [5, 5.41) is 10.5. The van der Waals surface area contributed by atoms with Crippen LogP contribution < -0.4 is 4.72 Å². The van der Waals surface area contributed by atoms with Crippen molar-refractivity contribution in [3.63, 3.8) is 0 Å². The van der Waals surface area contributed by atoms with E-state index in [2.05, 4.69) is 4.72 Å². The van der Waals surface area contributed by atoms with E-state index in [1.54, 1.807) is 19.1 Å². The normalized spacial score (nSPS) is 11.9. The Morgan fingerprint density at radius 3 is 2.55 bits per heavy atom. The Morgan fingerprint density at radius 2 is 2.00 bits per heavy atom.